The fraction of sp³-hybridized carbons (Fsp3) is 0.700. The average Bonchev–Trinajstić information content (AvgIpc) is 2.76. The first kappa shape index (κ1) is 8.92. The van der Waals surface area contributed by atoms with E-state index < -0.39 is 0 Å². The molecule has 1 saturated heterocycles. The number of aromatic nitrogens is 2. The lowest BCUT2D eigenvalue weighted by atomic mass is 10.0. The van der Waals surface area contributed by atoms with Crippen LogP contribution in [0.5, 0.6) is 0 Å². The highest BCUT2D eigenvalue weighted by Gasteiger charge is 2.31. The second-order valence-electron chi connectivity index (χ2n) is 4.30. The van der Waals surface area contributed by atoms with Crippen LogP contribution in [0.15, 0.2) is 4.47 Å². The summed E-state index contributed by atoms with van der Waals surface area (Å²) in [6, 6.07) is 0. The second kappa shape index (κ2) is 3.35. The molecule has 1 aromatic heterocycles. The molecule has 1 aliphatic heterocycles. The van der Waals surface area contributed by atoms with Crippen LogP contribution in [0.4, 0.5) is 0 Å². The van der Waals surface area contributed by atoms with Gasteiger partial charge in [0.1, 0.15) is 0 Å². The third-order valence-corrected chi connectivity index (χ3v) is 4.02. The maximum atomic E-state index is 4.45. The number of nitrogens with one attached hydrogen (secondary N) is 2. The first-order valence-electron chi connectivity index (χ1n) is 5.30. The molecule has 2 aliphatic rings. The maximum absolute atomic E-state index is 4.45. The molecule has 3 nitrogen and oxygen atoms in total. The molecule has 1 unspecified atom stereocenters. The zero-order valence-electron chi connectivity index (χ0n) is 8.02. The SMILES string of the molecule is Brc1c(C2CCNC2)n[nH]c1C1CC1. The lowest BCUT2D eigenvalue weighted by Gasteiger charge is -2.04. The molecule has 0 amide bonds. The smallest absolute Gasteiger partial charge is 0.0811 e. The number of H-pyrrole nitrogens is 1. The van der Waals surface area contributed by atoms with Crippen molar-refractivity contribution in [1.29, 1.82) is 0 Å². The second-order valence-corrected chi connectivity index (χ2v) is 5.09. The van der Waals surface area contributed by atoms with Gasteiger partial charge in [-0.15, -0.1) is 0 Å². The summed E-state index contributed by atoms with van der Waals surface area (Å²) in [5, 5.41) is 11.0. The number of aromatic amines is 1. The van der Waals surface area contributed by atoms with E-state index in [1.807, 2.05) is 0 Å². The molecule has 2 heterocycles. The predicted molar refractivity (Wildman–Crippen MR) is 58.5 cm³/mol. The Morgan fingerprint density at radius 2 is 2.07 bits per heavy atom. The van der Waals surface area contributed by atoms with Gasteiger partial charge in [-0.3, -0.25) is 5.10 Å². The van der Waals surface area contributed by atoms with E-state index in [0.717, 1.165) is 19.0 Å². The summed E-state index contributed by atoms with van der Waals surface area (Å²) < 4.78 is 1.24. The van der Waals surface area contributed by atoms with Crippen molar-refractivity contribution in [1.82, 2.24) is 15.5 Å². The Bertz CT molecular complexity index is 337. The first-order chi connectivity index (χ1) is 6.86. The molecule has 1 atom stereocenters. The Morgan fingerprint density at radius 1 is 1.21 bits per heavy atom. The van der Waals surface area contributed by atoms with E-state index in [0.29, 0.717) is 5.92 Å². The minimum Gasteiger partial charge on any atom is -0.316 e. The number of rotatable bonds is 2. The zero-order valence-corrected chi connectivity index (χ0v) is 9.60. The summed E-state index contributed by atoms with van der Waals surface area (Å²) in [7, 11) is 0. The van der Waals surface area contributed by atoms with Crippen molar-refractivity contribution in [2.75, 3.05) is 13.1 Å². The maximum Gasteiger partial charge on any atom is 0.0811 e. The third-order valence-electron chi connectivity index (χ3n) is 3.19. The largest absolute Gasteiger partial charge is 0.316 e. The van der Waals surface area contributed by atoms with Crippen LogP contribution in [0, 0.1) is 0 Å². The van der Waals surface area contributed by atoms with Crippen molar-refractivity contribution in [2.24, 2.45) is 0 Å². The van der Waals surface area contributed by atoms with E-state index >= 15 is 0 Å². The van der Waals surface area contributed by atoms with Gasteiger partial charge in [0.05, 0.1) is 15.9 Å². The number of hydrogen-bond donors (Lipinski definition) is 2. The van der Waals surface area contributed by atoms with Gasteiger partial charge in [-0.25, -0.2) is 0 Å². The summed E-state index contributed by atoms with van der Waals surface area (Å²) in [6.07, 6.45) is 3.86. The molecule has 1 saturated carbocycles. The van der Waals surface area contributed by atoms with Gasteiger partial charge in [0.2, 0.25) is 0 Å². The van der Waals surface area contributed by atoms with Crippen molar-refractivity contribution in [3.8, 4) is 0 Å². The monoisotopic (exact) mass is 255 g/mol. The summed E-state index contributed by atoms with van der Waals surface area (Å²) in [5.74, 6) is 1.35. The molecule has 1 aliphatic carbocycles. The van der Waals surface area contributed by atoms with Crippen LogP contribution < -0.4 is 5.32 Å². The van der Waals surface area contributed by atoms with E-state index in [4.69, 9.17) is 0 Å². The molecule has 76 valence electrons. The standard InChI is InChI=1S/C10H14BrN3/c11-8-9(6-1-2-6)13-14-10(8)7-3-4-12-5-7/h6-7,12H,1-5H2,(H,13,14). The number of nitrogens with zero attached hydrogens (tertiary/aromatic N) is 1. The van der Waals surface area contributed by atoms with Crippen LogP contribution in [0.1, 0.15) is 42.5 Å². The minimum atomic E-state index is 0.605. The van der Waals surface area contributed by atoms with Crippen LogP contribution in [0.25, 0.3) is 0 Å². The molecule has 2 N–H and O–H groups in total. The van der Waals surface area contributed by atoms with Gasteiger partial charge in [-0.05, 0) is 41.7 Å². The van der Waals surface area contributed by atoms with Gasteiger partial charge in [-0.2, -0.15) is 5.10 Å². The summed E-state index contributed by atoms with van der Waals surface area (Å²) >= 11 is 3.68. The van der Waals surface area contributed by atoms with Crippen LogP contribution in [-0.2, 0) is 0 Å². The number of halogens is 1. The topological polar surface area (TPSA) is 40.7 Å². The third kappa shape index (κ3) is 1.41. The molecular weight excluding hydrogens is 242 g/mol. The van der Waals surface area contributed by atoms with Gasteiger partial charge < -0.3 is 5.32 Å². The Kier molecular flexibility index (Phi) is 2.13. The first-order valence-corrected chi connectivity index (χ1v) is 6.10. The van der Waals surface area contributed by atoms with Crippen molar-refractivity contribution >= 4 is 15.9 Å². The molecule has 0 spiro atoms. The van der Waals surface area contributed by atoms with Crippen molar-refractivity contribution < 1.29 is 0 Å². The van der Waals surface area contributed by atoms with E-state index in [-0.39, 0.29) is 0 Å². The van der Waals surface area contributed by atoms with Crippen molar-refractivity contribution in [2.45, 2.75) is 31.1 Å². The molecular formula is C10H14BrN3. The molecule has 0 bridgehead atoms. The molecule has 4 heteroatoms. The van der Waals surface area contributed by atoms with Gasteiger partial charge in [-0.1, -0.05) is 0 Å². The highest BCUT2D eigenvalue weighted by atomic mass is 79.9. The van der Waals surface area contributed by atoms with E-state index in [1.54, 1.807) is 0 Å². The summed E-state index contributed by atoms with van der Waals surface area (Å²) in [6.45, 7) is 2.20. The van der Waals surface area contributed by atoms with Gasteiger partial charge >= 0.3 is 0 Å². The van der Waals surface area contributed by atoms with Gasteiger partial charge in [0, 0.05) is 18.4 Å². The molecule has 3 rings (SSSR count). The van der Waals surface area contributed by atoms with Gasteiger partial charge in [0.25, 0.3) is 0 Å². The lowest BCUT2D eigenvalue weighted by Crippen LogP contribution is -2.08. The molecule has 1 aromatic rings. The highest BCUT2D eigenvalue weighted by Crippen LogP contribution is 2.44. The van der Waals surface area contributed by atoms with E-state index in [9.17, 15) is 0 Å². The van der Waals surface area contributed by atoms with Crippen molar-refractivity contribution in [3.63, 3.8) is 0 Å². The van der Waals surface area contributed by atoms with Gasteiger partial charge in [0.15, 0.2) is 0 Å². The van der Waals surface area contributed by atoms with Crippen LogP contribution in [-0.4, -0.2) is 23.3 Å². The fourth-order valence-corrected chi connectivity index (χ4v) is 2.98. The molecule has 14 heavy (non-hydrogen) atoms. The Labute approximate surface area is 91.8 Å². The molecule has 0 radical (unpaired) electrons. The highest BCUT2D eigenvalue weighted by molar-refractivity contribution is 9.10. The van der Waals surface area contributed by atoms with Crippen molar-refractivity contribution in [3.05, 3.63) is 15.9 Å². The summed E-state index contributed by atoms with van der Waals surface area (Å²) in [4.78, 5) is 0. The zero-order chi connectivity index (χ0) is 9.54. The van der Waals surface area contributed by atoms with E-state index in [1.165, 1.54) is 35.1 Å². The Morgan fingerprint density at radius 3 is 2.71 bits per heavy atom. The normalized spacial score (nSPS) is 27.1. The predicted octanol–water partition coefficient (Wildman–Crippen LogP) is 2.13. The van der Waals surface area contributed by atoms with Crippen LogP contribution in [0.2, 0.25) is 0 Å². The Hall–Kier alpha value is -0.350. The molecule has 2 fully saturated rings. The molecule has 0 aromatic carbocycles. The van der Waals surface area contributed by atoms with Crippen LogP contribution >= 0.6 is 15.9 Å². The number of hydrogen-bond acceptors (Lipinski definition) is 2. The summed E-state index contributed by atoms with van der Waals surface area (Å²) in [5.41, 5.74) is 2.56. The fourth-order valence-electron chi connectivity index (χ4n) is 2.16. The average molecular weight is 256 g/mol. The quantitative estimate of drug-likeness (QED) is 0.851. The van der Waals surface area contributed by atoms with Crippen LogP contribution in [0.3, 0.4) is 0 Å². The van der Waals surface area contributed by atoms with E-state index in [2.05, 4.69) is 31.4 Å². The lowest BCUT2D eigenvalue weighted by molar-refractivity contribution is 0.726. The minimum absolute atomic E-state index is 0.605. The Balaban J connectivity index is 1.89.